The molecule has 0 fully saturated rings. The normalized spacial score (nSPS) is 11.5. The highest BCUT2D eigenvalue weighted by Crippen LogP contribution is 2.42. The zero-order chi connectivity index (χ0) is 41.0. The molecule has 0 spiro atoms. The Kier molecular flexibility index (Phi) is 8.53. The maximum Gasteiger partial charge on any atom is 0.0722 e. The lowest BCUT2D eigenvalue weighted by Crippen LogP contribution is -1.93. The van der Waals surface area contributed by atoms with Crippen LogP contribution in [0, 0.1) is 0 Å². The minimum absolute atomic E-state index is 0.951. The van der Waals surface area contributed by atoms with E-state index in [0.29, 0.717) is 0 Å². The molecule has 288 valence electrons. The summed E-state index contributed by atoms with van der Waals surface area (Å²) in [6.07, 6.45) is 0. The highest BCUT2D eigenvalue weighted by Gasteiger charge is 2.17. The molecular formula is C60H38N2. The van der Waals surface area contributed by atoms with Crippen molar-refractivity contribution in [3.8, 4) is 67.2 Å². The van der Waals surface area contributed by atoms with Crippen LogP contribution in [-0.4, -0.2) is 9.97 Å². The van der Waals surface area contributed by atoms with E-state index in [1.165, 1.54) is 54.2 Å². The van der Waals surface area contributed by atoms with Crippen molar-refractivity contribution >= 4 is 54.0 Å². The first-order valence-corrected chi connectivity index (χ1v) is 21.2. The van der Waals surface area contributed by atoms with E-state index in [9.17, 15) is 0 Å². The lowest BCUT2D eigenvalue weighted by Gasteiger charge is -2.16. The molecule has 0 saturated heterocycles. The monoisotopic (exact) mass is 786 g/mol. The number of hydrogen-bond donors (Lipinski definition) is 0. The molecule has 2 nitrogen and oxygen atoms in total. The van der Waals surface area contributed by atoms with Gasteiger partial charge in [0.1, 0.15) is 0 Å². The van der Waals surface area contributed by atoms with Gasteiger partial charge in [-0.3, -0.25) is 0 Å². The molecule has 0 amide bonds. The lowest BCUT2D eigenvalue weighted by molar-refractivity contribution is 1.32. The summed E-state index contributed by atoms with van der Waals surface area (Å²) in [6, 6.07) is 83.0. The van der Waals surface area contributed by atoms with Crippen LogP contribution < -0.4 is 0 Å². The number of benzene rings is 10. The van der Waals surface area contributed by atoms with Crippen molar-refractivity contribution in [3.63, 3.8) is 0 Å². The van der Waals surface area contributed by atoms with Crippen LogP contribution in [0.25, 0.3) is 121 Å². The van der Waals surface area contributed by atoms with Crippen LogP contribution in [0.2, 0.25) is 0 Å². The Balaban J connectivity index is 1.06. The summed E-state index contributed by atoms with van der Waals surface area (Å²) in [4.78, 5) is 10.6. The van der Waals surface area contributed by atoms with E-state index in [4.69, 9.17) is 9.97 Å². The molecule has 0 N–H and O–H groups in total. The Bertz CT molecular complexity index is 3610. The smallest absolute Gasteiger partial charge is 0.0722 e. The first kappa shape index (κ1) is 35.7. The van der Waals surface area contributed by atoms with Gasteiger partial charge in [0.2, 0.25) is 0 Å². The molecule has 0 radical (unpaired) electrons. The molecule has 12 rings (SSSR count). The zero-order valence-corrected chi connectivity index (χ0v) is 33.8. The molecule has 12 aromatic rings. The Hall–Kier alpha value is -8.20. The molecule has 0 aliphatic rings. The van der Waals surface area contributed by atoms with Crippen molar-refractivity contribution in [1.29, 1.82) is 0 Å². The minimum Gasteiger partial charge on any atom is -0.248 e. The minimum atomic E-state index is 0.951. The fourth-order valence-electron chi connectivity index (χ4n) is 9.38. The predicted molar refractivity (Wildman–Crippen MR) is 262 cm³/mol. The molecule has 10 aromatic carbocycles. The number of rotatable bonds is 6. The van der Waals surface area contributed by atoms with E-state index in [0.717, 1.165) is 66.9 Å². The van der Waals surface area contributed by atoms with Crippen LogP contribution in [0.5, 0.6) is 0 Å². The van der Waals surface area contributed by atoms with E-state index in [-0.39, 0.29) is 0 Å². The summed E-state index contributed by atoms with van der Waals surface area (Å²) in [7, 11) is 0. The highest BCUT2D eigenvalue weighted by molar-refractivity contribution is 6.16. The second kappa shape index (κ2) is 14.8. The molecule has 2 heteroatoms. The summed E-state index contributed by atoms with van der Waals surface area (Å²) >= 11 is 0. The second-order valence-corrected chi connectivity index (χ2v) is 16.1. The summed E-state index contributed by atoms with van der Waals surface area (Å²) < 4.78 is 0. The van der Waals surface area contributed by atoms with Crippen LogP contribution in [0.3, 0.4) is 0 Å². The molecule has 0 saturated carbocycles. The van der Waals surface area contributed by atoms with Crippen LogP contribution in [0.1, 0.15) is 0 Å². The Labute approximate surface area is 360 Å². The molecular weight excluding hydrogens is 749 g/mol. The van der Waals surface area contributed by atoms with E-state index in [1.807, 2.05) is 12.1 Å². The van der Waals surface area contributed by atoms with Crippen LogP contribution in [0.4, 0.5) is 0 Å². The second-order valence-electron chi connectivity index (χ2n) is 16.1. The SMILES string of the molecule is c1ccc(-c2cc(-c3ccc(-c4cc(-c5cc6ccccc6c6ccccc56)nc5ccc(-c6cc7ccccc7c7ccccc67)cc45)cc3)cc(-c3ccccc3)n2)cc1. The number of nitrogens with zero attached hydrogens (tertiary/aromatic N) is 2. The van der Waals surface area contributed by atoms with Gasteiger partial charge in [-0.25, -0.2) is 9.97 Å². The van der Waals surface area contributed by atoms with Gasteiger partial charge >= 0.3 is 0 Å². The highest BCUT2D eigenvalue weighted by atomic mass is 14.7. The van der Waals surface area contributed by atoms with E-state index < -0.39 is 0 Å². The van der Waals surface area contributed by atoms with Gasteiger partial charge in [0.15, 0.2) is 0 Å². The van der Waals surface area contributed by atoms with Crippen molar-refractivity contribution < 1.29 is 0 Å². The van der Waals surface area contributed by atoms with Crippen LogP contribution in [-0.2, 0) is 0 Å². The van der Waals surface area contributed by atoms with Gasteiger partial charge in [0, 0.05) is 22.1 Å². The first-order chi connectivity index (χ1) is 30.7. The fourth-order valence-corrected chi connectivity index (χ4v) is 9.38. The molecule has 2 heterocycles. The van der Waals surface area contributed by atoms with E-state index in [2.05, 4.69) is 218 Å². The summed E-state index contributed by atoms with van der Waals surface area (Å²) in [5.74, 6) is 0. The van der Waals surface area contributed by atoms with Crippen LogP contribution >= 0.6 is 0 Å². The Morgan fingerprint density at radius 1 is 0.210 bits per heavy atom. The van der Waals surface area contributed by atoms with Gasteiger partial charge in [0.25, 0.3) is 0 Å². The third kappa shape index (κ3) is 6.20. The van der Waals surface area contributed by atoms with Gasteiger partial charge in [-0.1, -0.05) is 188 Å². The average molecular weight is 787 g/mol. The molecule has 0 aliphatic carbocycles. The standard InChI is InChI=1S/C60H38N2/c1-3-15-41(16-4-1)58-36-46(37-59(62-58)42-17-5-2-6-18-42)39-27-29-40(30-28-39)54-38-60(55-34-44-20-8-10-22-48(44)50-24-12-14-26-52(50)55)61-57-32-31-45(35-56(54)57)53-33-43-19-7-9-21-47(43)49-23-11-13-25-51(49)53/h1-38H. The van der Waals surface area contributed by atoms with E-state index in [1.54, 1.807) is 0 Å². The molecule has 2 aromatic heterocycles. The maximum atomic E-state index is 5.47. The Morgan fingerprint density at radius 3 is 1.26 bits per heavy atom. The number of hydrogen-bond acceptors (Lipinski definition) is 2. The van der Waals surface area contributed by atoms with Gasteiger partial charge in [-0.2, -0.15) is 0 Å². The van der Waals surface area contributed by atoms with Gasteiger partial charge < -0.3 is 0 Å². The summed E-state index contributed by atoms with van der Waals surface area (Å²) in [5, 5.41) is 11.0. The van der Waals surface area contributed by atoms with Crippen molar-refractivity contribution in [1.82, 2.24) is 9.97 Å². The lowest BCUT2D eigenvalue weighted by atomic mass is 9.90. The number of pyridine rings is 2. The molecule has 0 aliphatic heterocycles. The quantitative estimate of drug-likeness (QED) is 0.157. The molecule has 0 unspecified atom stereocenters. The topological polar surface area (TPSA) is 25.8 Å². The average Bonchev–Trinajstić information content (AvgIpc) is 3.36. The van der Waals surface area contributed by atoms with Crippen molar-refractivity contribution in [3.05, 3.63) is 231 Å². The third-order valence-electron chi connectivity index (χ3n) is 12.4. The Morgan fingerprint density at radius 2 is 0.661 bits per heavy atom. The maximum absolute atomic E-state index is 5.47. The van der Waals surface area contributed by atoms with Crippen molar-refractivity contribution in [2.24, 2.45) is 0 Å². The third-order valence-corrected chi connectivity index (χ3v) is 12.4. The molecule has 0 atom stereocenters. The van der Waals surface area contributed by atoms with Gasteiger partial charge in [-0.05, 0) is 119 Å². The van der Waals surface area contributed by atoms with Crippen LogP contribution in [0.15, 0.2) is 231 Å². The fraction of sp³-hybridized carbons (Fsp3) is 0. The summed E-state index contributed by atoms with van der Waals surface area (Å²) in [6.45, 7) is 0. The van der Waals surface area contributed by atoms with Gasteiger partial charge in [-0.15, -0.1) is 0 Å². The number of aromatic nitrogens is 2. The van der Waals surface area contributed by atoms with Gasteiger partial charge in [0.05, 0.1) is 22.6 Å². The summed E-state index contributed by atoms with van der Waals surface area (Å²) in [5.41, 5.74) is 14.0. The first-order valence-electron chi connectivity index (χ1n) is 21.2. The molecule has 0 bridgehead atoms. The zero-order valence-electron chi connectivity index (χ0n) is 33.8. The predicted octanol–water partition coefficient (Wildman–Crippen LogP) is 16.2. The van der Waals surface area contributed by atoms with Crippen molar-refractivity contribution in [2.45, 2.75) is 0 Å². The number of fused-ring (bicyclic) bond motifs is 7. The largest absolute Gasteiger partial charge is 0.248 e. The van der Waals surface area contributed by atoms with Crippen molar-refractivity contribution in [2.75, 3.05) is 0 Å². The van der Waals surface area contributed by atoms with E-state index >= 15 is 0 Å². The molecule has 62 heavy (non-hydrogen) atoms.